The van der Waals surface area contributed by atoms with Crippen LogP contribution in [0.2, 0.25) is 0 Å². The van der Waals surface area contributed by atoms with E-state index in [1.807, 2.05) is 0 Å². The van der Waals surface area contributed by atoms with Crippen LogP contribution in [0.3, 0.4) is 0 Å². The molecule has 0 bridgehead atoms. The zero-order chi connectivity index (χ0) is 10.6. The molecule has 14 heavy (non-hydrogen) atoms. The van der Waals surface area contributed by atoms with Gasteiger partial charge in [0.05, 0.1) is 6.54 Å². The quantitative estimate of drug-likeness (QED) is 0.323. The van der Waals surface area contributed by atoms with Gasteiger partial charge in [0.2, 0.25) is 5.91 Å². The van der Waals surface area contributed by atoms with Gasteiger partial charge in [-0.3, -0.25) is 4.79 Å². The number of anilines is 1. The molecule has 0 fully saturated rings. The lowest BCUT2D eigenvalue weighted by atomic mass is 10.1. The molecule has 0 heterocycles. The number of hydrogen-bond acceptors (Lipinski definition) is 3. The molecule has 0 saturated carbocycles. The summed E-state index contributed by atoms with van der Waals surface area (Å²) < 4.78 is 0. The lowest BCUT2D eigenvalue weighted by molar-refractivity contribution is 0.100. The minimum Gasteiger partial charge on any atom is -0.398 e. The van der Waals surface area contributed by atoms with Crippen LogP contribution in [0.15, 0.2) is 23.3 Å². The van der Waals surface area contributed by atoms with E-state index in [4.69, 9.17) is 17.0 Å². The Morgan fingerprint density at radius 3 is 2.79 bits per heavy atom. The highest BCUT2D eigenvalue weighted by Gasteiger charge is 2.03. The molecule has 6 nitrogen and oxygen atoms in total. The highest BCUT2D eigenvalue weighted by atomic mass is 16.1. The number of primary amides is 1. The summed E-state index contributed by atoms with van der Waals surface area (Å²) in [5.41, 5.74) is 20.2. The number of amides is 1. The van der Waals surface area contributed by atoms with Gasteiger partial charge in [-0.25, -0.2) is 0 Å². The van der Waals surface area contributed by atoms with Crippen LogP contribution in [0.25, 0.3) is 10.4 Å². The molecule has 1 rings (SSSR count). The van der Waals surface area contributed by atoms with E-state index in [9.17, 15) is 4.79 Å². The maximum Gasteiger partial charge on any atom is 0.248 e. The SMILES string of the molecule is [N-]=[N+]=NCc1ccc(C(N)=O)cc1N. The fourth-order valence-corrected chi connectivity index (χ4v) is 1.000. The van der Waals surface area contributed by atoms with E-state index >= 15 is 0 Å². The molecule has 0 aliphatic carbocycles. The molecule has 0 aliphatic heterocycles. The minimum absolute atomic E-state index is 0.168. The number of carbonyl (C=O) groups is 1. The van der Waals surface area contributed by atoms with E-state index in [-0.39, 0.29) is 6.54 Å². The van der Waals surface area contributed by atoms with Crippen molar-refractivity contribution in [3.63, 3.8) is 0 Å². The second kappa shape index (κ2) is 4.15. The number of carbonyl (C=O) groups excluding carboxylic acids is 1. The van der Waals surface area contributed by atoms with Gasteiger partial charge in [0.15, 0.2) is 0 Å². The van der Waals surface area contributed by atoms with Crippen molar-refractivity contribution in [2.75, 3.05) is 5.73 Å². The third kappa shape index (κ3) is 2.15. The summed E-state index contributed by atoms with van der Waals surface area (Å²) in [6.45, 7) is 0.168. The van der Waals surface area contributed by atoms with Gasteiger partial charge < -0.3 is 11.5 Å². The molecule has 6 heteroatoms. The topological polar surface area (TPSA) is 118 Å². The highest BCUT2D eigenvalue weighted by Crippen LogP contribution is 2.14. The largest absolute Gasteiger partial charge is 0.398 e. The molecule has 0 saturated heterocycles. The summed E-state index contributed by atoms with van der Waals surface area (Å²) in [6, 6.07) is 4.62. The van der Waals surface area contributed by atoms with E-state index in [2.05, 4.69) is 10.0 Å². The first-order valence-corrected chi connectivity index (χ1v) is 3.84. The van der Waals surface area contributed by atoms with Crippen molar-refractivity contribution in [1.29, 1.82) is 0 Å². The Hall–Kier alpha value is -2.20. The molecule has 0 radical (unpaired) electrons. The van der Waals surface area contributed by atoms with Gasteiger partial charge in [-0.15, -0.1) is 0 Å². The summed E-state index contributed by atoms with van der Waals surface area (Å²) in [7, 11) is 0. The van der Waals surface area contributed by atoms with E-state index in [1.54, 1.807) is 12.1 Å². The average Bonchev–Trinajstić information content (AvgIpc) is 2.15. The normalized spacial score (nSPS) is 9.14. The van der Waals surface area contributed by atoms with Crippen LogP contribution < -0.4 is 11.5 Å². The van der Waals surface area contributed by atoms with Gasteiger partial charge in [-0.05, 0) is 23.2 Å². The molecule has 1 amide bonds. The average molecular weight is 191 g/mol. The van der Waals surface area contributed by atoms with Gasteiger partial charge in [0, 0.05) is 16.2 Å². The Balaban J connectivity index is 3.00. The first-order chi connectivity index (χ1) is 6.65. The molecule has 0 atom stereocenters. The lowest BCUT2D eigenvalue weighted by Crippen LogP contribution is -2.11. The van der Waals surface area contributed by atoms with Crippen LogP contribution in [0.4, 0.5) is 5.69 Å². The van der Waals surface area contributed by atoms with Gasteiger partial charge in [-0.2, -0.15) is 0 Å². The zero-order valence-electron chi connectivity index (χ0n) is 7.34. The second-order valence-electron chi connectivity index (χ2n) is 2.67. The molecular weight excluding hydrogens is 182 g/mol. The molecular formula is C8H9N5O. The van der Waals surface area contributed by atoms with Crippen LogP contribution in [-0.4, -0.2) is 5.91 Å². The Bertz CT molecular complexity index is 408. The van der Waals surface area contributed by atoms with E-state index in [0.29, 0.717) is 16.8 Å². The maximum absolute atomic E-state index is 10.8. The Kier molecular flexibility index (Phi) is 2.93. The van der Waals surface area contributed by atoms with Gasteiger partial charge >= 0.3 is 0 Å². The number of nitrogens with zero attached hydrogens (tertiary/aromatic N) is 3. The monoisotopic (exact) mass is 191 g/mol. The fourth-order valence-electron chi connectivity index (χ4n) is 1.000. The highest BCUT2D eigenvalue weighted by molar-refractivity contribution is 5.93. The van der Waals surface area contributed by atoms with Crippen LogP contribution in [0.1, 0.15) is 15.9 Å². The standard InChI is InChI=1S/C8H9N5O/c9-7-3-5(8(10)14)1-2-6(7)4-12-13-11/h1-3H,4,9H2,(H2,10,14). The van der Waals surface area contributed by atoms with E-state index in [0.717, 1.165) is 0 Å². The smallest absolute Gasteiger partial charge is 0.248 e. The summed E-state index contributed by atoms with van der Waals surface area (Å²) in [6.07, 6.45) is 0. The van der Waals surface area contributed by atoms with Crippen molar-refractivity contribution in [1.82, 2.24) is 0 Å². The molecule has 4 N–H and O–H groups in total. The maximum atomic E-state index is 10.8. The number of benzene rings is 1. The Labute approximate surface area is 80.1 Å². The molecule has 72 valence electrons. The van der Waals surface area contributed by atoms with Crippen molar-refractivity contribution in [3.8, 4) is 0 Å². The minimum atomic E-state index is -0.535. The van der Waals surface area contributed by atoms with Crippen LogP contribution in [0, 0.1) is 0 Å². The van der Waals surface area contributed by atoms with Crippen LogP contribution >= 0.6 is 0 Å². The molecule has 1 aromatic rings. The number of nitrogen functional groups attached to an aromatic ring is 1. The van der Waals surface area contributed by atoms with Crippen molar-refractivity contribution in [2.45, 2.75) is 6.54 Å². The van der Waals surface area contributed by atoms with E-state index in [1.165, 1.54) is 6.07 Å². The summed E-state index contributed by atoms with van der Waals surface area (Å²) >= 11 is 0. The summed E-state index contributed by atoms with van der Waals surface area (Å²) in [4.78, 5) is 13.4. The molecule has 0 unspecified atom stereocenters. The van der Waals surface area contributed by atoms with Crippen LogP contribution in [0.5, 0.6) is 0 Å². The number of rotatable bonds is 3. The second-order valence-corrected chi connectivity index (χ2v) is 2.67. The third-order valence-corrected chi connectivity index (χ3v) is 1.73. The first kappa shape index (κ1) is 9.88. The molecule has 0 aromatic heterocycles. The third-order valence-electron chi connectivity index (χ3n) is 1.73. The van der Waals surface area contributed by atoms with Crippen molar-refractivity contribution < 1.29 is 4.79 Å². The predicted molar refractivity (Wildman–Crippen MR) is 52.2 cm³/mol. The van der Waals surface area contributed by atoms with Crippen molar-refractivity contribution in [3.05, 3.63) is 39.8 Å². The Morgan fingerprint density at radius 2 is 2.29 bits per heavy atom. The first-order valence-electron chi connectivity index (χ1n) is 3.84. The molecule has 1 aromatic carbocycles. The van der Waals surface area contributed by atoms with Crippen molar-refractivity contribution in [2.24, 2.45) is 10.8 Å². The lowest BCUT2D eigenvalue weighted by Gasteiger charge is -2.03. The fraction of sp³-hybridized carbons (Fsp3) is 0.125. The van der Waals surface area contributed by atoms with Crippen molar-refractivity contribution >= 4 is 11.6 Å². The van der Waals surface area contributed by atoms with Gasteiger partial charge in [0.25, 0.3) is 0 Å². The Morgan fingerprint density at radius 1 is 1.57 bits per heavy atom. The number of nitrogens with two attached hydrogens (primary N) is 2. The predicted octanol–water partition coefficient (Wildman–Crippen LogP) is 1.18. The number of hydrogen-bond donors (Lipinski definition) is 2. The molecule has 0 aliphatic rings. The summed E-state index contributed by atoms with van der Waals surface area (Å²) in [5.74, 6) is -0.535. The van der Waals surface area contributed by atoms with Gasteiger partial charge in [0.1, 0.15) is 0 Å². The molecule has 0 spiro atoms. The van der Waals surface area contributed by atoms with E-state index < -0.39 is 5.91 Å². The zero-order valence-corrected chi connectivity index (χ0v) is 7.34. The van der Waals surface area contributed by atoms with Crippen LogP contribution in [-0.2, 0) is 6.54 Å². The number of azide groups is 1. The summed E-state index contributed by atoms with van der Waals surface area (Å²) in [5, 5.41) is 3.36. The van der Waals surface area contributed by atoms with Gasteiger partial charge in [-0.1, -0.05) is 11.2 Å².